The van der Waals surface area contributed by atoms with Crippen molar-refractivity contribution in [2.75, 3.05) is 5.32 Å². The summed E-state index contributed by atoms with van der Waals surface area (Å²) in [5, 5.41) is 24.5. The third-order valence-corrected chi connectivity index (χ3v) is 5.36. The lowest BCUT2D eigenvalue weighted by atomic mass is 10.1. The Balaban J connectivity index is 1.33. The van der Waals surface area contributed by atoms with E-state index in [1.807, 2.05) is 60.8 Å². The minimum absolute atomic E-state index is 0.267. The maximum absolute atomic E-state index is 12.5. The van der Waals surface area contributed by atoms with Crippen LogP contribution in [-0.2, 0) is 0 Å². The topological polar surface area (TPSA) is 101 Å². The average Bonchev–Trinajstić information content (AvgIpc) is 3.49. The van der Waals surface area contributed by atoms with Crippen molar-refractivity contribution in [3.8, 4) is 21.8 Å². The number of benzene rings is 1. The largest absolute Gasteiger partial charge is 0.321 e. The molecule has 0 saturated heterocycles. The van der Waals surface area contributed by atoms with Crippen LogP contribution in [-0.4, -0.2) is 35.9 Å². The first-order valence-corrected chi connectivity index (χ1v) is 9.75. The molecule has 0 bridgehead atoms. The predicted molar refractivity (Wildman–Crippen MR) is 111 cm³/mol. The SMILES string of the molecule is Cc1nnc2ccc(-c3ccc(NC(=O)c4cc(-c5cccs5)[nH]n4)cc3)nn12. The van der Waals surface area contributed by atoms with Crippen LogP contribution in [0.25, 0.3) is 27.5 Å². The van der Waals surface area contributed by atoms with Crippen LogP contribution in [0.4, 0.5) is 5.69 Å². The first kappa shape index (κ1) is 17.3. The van der Waals surface area contributed by atoms with Gasteiger partial charge >= 0.3 is 0 Å². The number of hydrogen-bond donors (Lipinski definition) is 2. The molecule has 8 nitrogen and oxygen atoms in total. The summed E-state index contributed by atoms with van der Waals surface area (Å²) in [6, 6.07) is 16.9. The number of hydrogen-bond acceptors (Lipinski definition) is 6. The van der Waals surface area contributed by atoms with Gasteiger partial charge in [-0.25, -0.2) is 0 Å². The molecule has 0 aliphatic heterocycles. The Morgan fingerprint density at radius 2 is 1.97 bits per heavy atom. The van der Waals surface area contributed by atoms with Gasteiger partial charge in [0.25, 0.3) is 5.91 Å². The van der Waals surface area contributed by atoms with Crippen LogP contribution in [0.5, 0.6) is 0 Å². The molecule has 4 aromatic heterocycles. The van der Waals surface area contributed by atoms with E-state index >= 15 is 0 Å². The molecule has 0 unspecified atom stereocenters. The molecule has 0 aliphatic rings. The van der Waals surface area contributed by atoms with Gasteiger partial charge in [0.1, 0.15) is 0 Å². The van der Waals surface area contributed by atoms with E-state index in [1.54, 1.807) is 21.9 Å². The number of amides is 1. The van der Waals surface area contributed by atoms with Crippen molar-refractivity contribution in [3.05, 3.63) is 71.5 Å². The number of rotatable bonds is 4. The number of nitrogens with zero attached hydrogens (tertiary/aromatic N) is 5. The van der Waals surface area contributed by atoms with E-state index in [4.69, 9.17) is 0 Å². The molecule has 9 heteroatoms. The maximum Gasteiger partial charge on any atom is 0.276 e. The fraction of sp³-hybridized carbons (Fsp3) is 0.0500. The van der Waals surface area contributed by atoms with Crippen molar-refractivity contribution >= 4 is 28.6 Å². The summed E-state index contributed by atoms with van der Waals surface area (Å²) in [7, 11) is 0. The van der Waals surface area contributed by atoms with Crippen molar-refractivity contribution in [1.29, 1.82) is 0 Å². The van der Waals surface area contributed by atoms with Crippen molar-refractivity contribution in [1.82, 2.24) is 30.0 Å². The summed E-state index contributed by atoms with van der Waals surface area (Å²) in [5.74, 6) is 0.461. The number of carbonyl (C=O) groups excluding carboxylic acids is 1. The minimum atomic E-state index is -0.267. The van der Waals surface area contributed by atoms with Crippen molar-refractivity contribution in [3.63, 3.8) is 0 Å². The van der Waals surface area contributed by atoms with Gasteiger partial charge in [0.2, 0.25) is 0 Å². The number of aromatic nitrogens is 6. The third kappa shape index (κ3) is 3.27. The smallest absolute Gasteiger partial charge is 0.276 e. The summed E-state index contributed by atoms with van der Waals surface area (Å²) >= 11 is 1.59. The summed E-state index contributed by atoms with van der Waals surface area (Å²) < 4.78 is 1.70. The van der Waals surface area contributed by atoms with E-state index in [0.29, 0.717) is 17.0 Å². The Hall–Kier alpha value is -3.85. The van der Waals surface area contributed by atoms with Crippen LogP contribution in [0.2, 0.25) is 0 Å². The number of nitrogens with one attached hydrogen (secondary N) is 2. The van der Waals surface area contributed by atoms with Crippen molar-refractivity contribution in [2.24, 2.45) is 0 Å². The zero-order chi connectivity index (χ0) is 19.8. The highest BCUT2D eigenvalue weighted by atomic mass is 32.1. The van der Waals surface area contributed by atoms with Gasteiger partial charge < -0.3 is 5.32 Å². The number of aromatic amines is 1. The monoisotopic (exact) mass is 401 g/mol. The summed E-state index contributed by atoms with van der Waals surface area (Å²) in [4.78, 5) is 13.5. The maximum atomic E-state index is 12.5. The van der Waals surface area contributed by atoms with E-state index in [2.05, 4.69) is 30.8 Å². The van der Waals surface area contributed by atoms with Crippen LogP contribution in [0, 0.1) is 6.92 Å². The van der Waals surface area contributed by atoms with Gasteiger partial charge in [-0.3, -0.25) is 9.89 Å². The number of aryl methyl sites for hydroxylation is 1. The molecular formula is C20H15N7OS. The molecule has 0 spiro atoms. The Labute approximate surface area is 169 Å². The minimum Gasteiger partial charge on any atom is -0.321 e. The van der Waals surface area contributed by atoms with Crippen LogP contribution >= 0.6 is 11.3 Å². The van der Waals surface area contributed by atoms with Crippen LogP contribution < -0.4 is 5.32 Å². The molecule has 0 fully saturated rings. The number of H-pyrrole nitrogens is 1. The second-order valence-electron chi connectivity index (χ2n) is 6.41. The fourth-order valence-electron chi connectivity index (χ4n) is 2.97. The zero-order valence-corrected chi connectivity index (χ0v) is 16.1. The highest BCUT2D eigenvalue weighted by Gasteiger charge is 2.12. The lowest BCUT2D eigenvalue weighted by Gasteiger charge is -2.05. The van der Waals surface area contributed by atoms with Gasteiger partial charge in [-0.1, -0.05) is 18.2 Å². The predicted octanol–water partition coefficient (Wildman–Crippen LogP) is 3.80. The Morgan fingerprint density at radius 3 is 2.76 bits per heavy atom. The van der Waals surface area contributed by atoms with Gasteiger partial charge in [-0.2, -0.15) is 14.7 Å². The highest BCUT2D eigenvalue weighted by Crippen LogP contribution is 2.24. The van der Waals surface area contributed by atoms with Crippen molar-refractivity contribution in [2.45, 2.75) is 6.92 Å². The fourth-order valence-corrected chi connectivity index (χ4v) is 3.66. The second-order valence-corrected chi connectivity index (χ2v) is 7.36. The molecule has 1 aromatic carbocycles. The Bertz CT molecular complexity index is 1300. The lowest BCUT2D eigenvalue weighted by molar-refractivity contribution is 0.102. The van der Waals surface area contributed by atoms with Crippen molar-refractivity contribution < 1.29 is 4.79 Å². The molecule has 5 rings (SSSR count). The van der Waals surface area contributed by atoms with E-state index in [0.717, 1.165) is 27.7 Å². The van der Waals surface area contributed by atoms with Gasteiger partial charge in [0.05, 0.1) is 16.3 Å². The Kier molecular flexibility index (Phi) is 4.14. The highest BCUT2D eigenvalue weighted by molar-refractivity contribution is 7.13. The van der Waals surface area contributed by atoms with Gasteiger partial charge in [-0.05, 0) is 48.7 Å². The first-order valence-electron chi connectivity index (χ1n) is 8.87. The standard InChI is InChI=1S/C20H15N7OS/c1-12-22-25-19-9-8-15(26-27(12)19)13-4-6-14(7-5-13)21-20(28)17-11-16(23-24-17)18-3-2-10-29-18/h2-11H,1H3,(H,21,28)(H,23,24). The van der Waals surface area contributed by atoms with Gasteiger partial charge in [0.15, 0.2) is 17.2 Å². The number of thiophene rings is 1. The number of carbonyl (C=O) groups is 1. The molecule has 2 N–H and O–H groups in total. The summed E-state index contributed by atoms with van der Waals surface area (Å²) in [5.41, 5.74) is 4.28. The third-order valence-electron chi connectivity index (χ3n) is 4.45. The molecule has 4 heterocycles. The van der Waals surface area contributed by atoms with Gasteiger partial charge in [0, 0.05) is 11.3 Å². The molecule has 5 aromatic rings. The molecule has 0 radical (unpaired) electrons. The summed E-state index contributed by atoms with van der Waals surface area (Å²) in [6.45, 7) is 1.86. The molecule has 142 valence electrons. The molecule has 0 atom stereocenters. The molecular weight excluding hydrogens is 386 g/mol. The molecule has 1 amide bonds. The van der Waals surface area contributed by atoms with E-state index < -0.39 is 0 Å². The molecule has 0 aliphatic carbocycles. The normalized spacial score (nSPS) is 11.1. The molecule has 0 saturated carbocycles. The quantitative estimate of drug-likeness (QED) is 0.477. The summed E-state index contributed by atoms with van der Waals surface area (Å²) in [6.07, 6.45) is 0. The van der Waals surface area contributed by atoms with E-state index in [1.165, 1.54) is 0 Å². The van der Waals surface area contributed by atoms with Gasteiger partial charge in [-0.15, -0.1) is 21.5 Å². The average molecular weight is 401 g/mol. The Morgan fingerprint density at radius 1 is 1.10 bits per heavy atom. The van der Waals surface area contributed by atoms with Crippen LogP contribution in [0.3, 0.4) is 0 Å². The lowest BCUT2D eigenvalue weighted by Crippen LogP contribution is -2.12. The van der Waals surface area contributed by atoms with E-state index in [-0.39, 0.29) is 5.91 Å². The number of fused-ring (bicyclic) bond motifs is 1. The van der Waals surface area contributed by atoms with Crippen LogP contribution in [0.15, 0.2) is 60.0 Å². The first-order chi connectivity index (χ1) is 14.2. The van der Waals surface area contributed by atoms with E-state index in [9.17, 15) is 4.79 Å². The molecule has 29 heavy (non-hydrogen) atoms. The van der Waals surface area contributed by atoms with Crippen LogP contribution in [0.1, 0.15) is 16.3 Å². The number of anilines is 1. The second kappa shape index (κ2) is 6.95. The zero-order valence-electron chi connectivity index (χ0n) is 15.3.